The number of ether oxygens (including phenoxy) is 2. The Hall–Kier alpha value is -3.67. The molecule has 0 saturated carbocycles. The van der Waals surface area contributed by atoms with Crippen LogP contribution in [0.5, 0.6) is 17.5 Å². The van der Waals surface area contributed by atoms with Crippen molar-refractivity contribution in [2.75, 3.05) is 19.1 Å². The highest BCUT2D eigenvalue weighted by molar-refractivity contribution is 5.76. The van der Waals surface area contributed by atoms with E-state index in [0.29, 0.717) is 11.8 Å². The second kappa shape index (κ2) is 7.29. The van der Waals surface area contributed by atoms with E-state index in [1.807, 2.05) is 61.6 Å². The van der Waals surface area contributed by atoms with Gasteiger partial charge in [0.15, 0.2) is 0 Å². The van der Waals surface area contributed by atoms with E-state index in [0.717, 1.165) is 28.0 Å². The van der Waals surface area contributed by atoms with Crippen LogP contribution in [0, 0.1) is 0 Å². The lowest BCUT2D eigenvalue weighted by molar-refractivity contribution is 0.415. The molecule has 0 aliphatic carbocycles. The molecule has 4 rings (SSSR count). The number of nitrogens with zero attached hydrogens (tertiary/aromatic N) is 4. The molecule has 0 unspecified atom stereocenters. The first kappa shape index (κ1) is 16.8. The smallest absolute Gasteiger partial charge is 0.322 e. The standard InChI is InChI=1S/C21H18N4O2/c1-25(17-4-3-5-19(12-17)26-2)16-6-8-18(9-7-16)27-21-23-13-15-10-11-22-14-20(15)24-21/h3-14H,1-2H3. The number of pyridine rings is 1. The first-order valence-corrected chi connectivity index (χ1v) is 8.45. The van der Waals surface area contributed by atoms with E-state index in [-0.39, 0.29) is 0 Å². The first-order chi connectivity index (χ1) is 13.2. The molecular formula is C21H18N4O2. The minimum Gasteiger partial charge on any atom is -0.497 e. The second-order valence-electron chi connectivity index (χ2n) is 5.94. The normalized spacial score (nSPS) is 10.6. The Labute approximate surface area is 157 Å². The highest BCUT2D eigenvalue weighted by atomic mass is 16.5. The number of hydrogen-bond acceptors (Lipinski definition) is 6. The van der Waals surface area contributed by atoms with Gasteiger partial charge in [0, 0.05) is 42.3 Å². The van der Waals surface area contributed by atoms with E-state index in [4.69, 9.17) is 9.47 Å². The molecule has 6 nitrogen and oxygen atoms in total. The number of aromatic nitrogens is 3. The van der Waals surface area contributed by atoms with Crippen LogP contribution in [0.25, 0.3) is 10.9 Å². The van der Waals surface area contributed by atoms with Crippen LogP contribution >= 0.6 is 0 Å². The van der Waals surface area contributed by atoms with Crippen LogP contribution in [0.2, 0.25) is 0 Å². The Morgan fingerprint density at radius 3 is 2.56 bits per heavy atom. The van der Waals surface area contributed by atoms with Gasteiger partial charge in [0.1, 0.15) is 11.5 Å². The summed E-state index contributed by atoms with van der Waals surface area (Å²) in [7, 11) is 3.67. The maximum atomic E-state index is 5.77. The summed E-state index contributed by atoms with van der Waals surface area (Å²) in [6.45, 7) is 0. The Kier molecular flexibility index (Phi) is 4.53. The fourth-order valence-electron chi connectivity index (χ4n) is 2.72. The van der Waals surface area contributed by atoms with Gasteiger partial charge in [0.25, 0.3) is 0 Å². The highest BCUT2D eigenvalue weighted by Gasteiger charge is 2.07. The Balaban J connectivity index is 1.52. The van der Waals surface area contributed by atoms with Crippen molar-refractivity contribution in [3.05, 3.63) is 73.2 Å². The van der Waals surface area contributed by atoms with E-state index in [1.165, 1.54) is 0 Å². The maximum absolute atomic E-state index is 5.77. The van der Waals surface area contributed by atoms with Crippen molar-refractivity contribution in [2.24, 2.45) is 0 Å². The summed E-state index contributed by atoms with van der Waals surface area (Å²) in [5.74, 6) is 1.49. The van der Waals surface area contributed by atoms with Gasteiger partial charge in [0.2, 0.25) is 0 Å². The van der Waals surface area contributed by atoms with Crippen LogP contribution in [-0.4, -0.2) is 29.1 Å². The minimum absolute atomic E-state index is 0.296. The van der Waals surface area contributed by atoms with Crippen LogP contribution in [0.1, 0.15) is 0 Å². The molecule has 0 bridgehead atoms. The summed E-state index contributed by atoms with van der Waals surface area (Å²) in [4.78, 5) is 14.8. The van der Waals surface area contributed by atoms with Crippen molar-refractivity contribution >= 4 is 22.3 Å². The quantitative estimate of drug-likeness (QED) is 0.520. The molecule has 2 aromatic heterocycles. The summed E-state index contributed by atoms with van der Waals surface area (Å²) in [5.41, 5.74) is 2.81. The lowest BCUT2D eigenvalue weighted by atomic mass is 10.2. The highest BCUT2D eigenvalue weighted by Crippen LogP contribution is 2.29. The van der Waals surface area contributed by atoms with Crippen molar-refractivity contribution in [1.82, 2.24) is 15.0 Å². The third-order valence-electron chi connectivity index (χ3n) is 4.24. The van der Waals surface area contributed by atoms with Crippen LogP contribution in [0.4, 0.5) is 11.4 Å². The molecule has 0 aliphatic rings. The molecule has 27 heavy (non-hydrogen) atoms. The van der Waals surface area contributed by atoms with E-state index in [1.54, 1.807) is 25.7 Å². The van der Waals surface area contributed by atoms with Crippen molar-refractivity contribution in [3.63, 3.8) is 0 Å². The zero-order chi connectivity index (χ0) is 18.6. The van der Waals surface area contributed by atoms with Gasteiger partial charge >= 0.3 is 6.01 Å². The molecule has 4 aromatic rings. The number of methoxy groups -OCH3 is 1. The van der Waals surface area contributed by atoms with Gasteiger partial charge < -0.3 is 14.4 Å². The minimum atomic E-state index is 0.296. The number of hydrogen-bond donors (Lipinski definition) is 0. The average Bonchev–Trinajstić information content (AvgIpc) is 2.74. The third-order valence-corrected chi connectivity index (χ3v) is 4.24. The predicted molar refractivity (Wildman–Crippen MR) is 105 cm³/mol. The topological polar surface area (TPSA) is 60.4 Å². The summed E-state index contributed by atoms with van der Waals surface area (Å²) in [5, 5.41) is 0.924. The van der Waals surface area contributed by atoms with Crippen LogP contribution in [0.15, 0.2) is 73.2 Å². The number of rotatable bonds is 5. The maximum Gasteiger partial charge on any atom is 0.322 e. The van der Waals surface area contributed by atoms with Gasteiger partial charge in [-0.05, 0) is 42.5 Å². The van der Waals surface area contributed by atoms with Crippen molar-refractivity contribution in [1.29, 1.82) is 0 Å². The van der Waals surface area contributed by atoms with Gasteiger partial charge in [-0.3, -0.25) is 4.98 Å². The Morgan fingerprint density at radius 1 is 0.889 bits per heavy atom. The van der Waals surface area contributed by atoms with E-state index >= 15 is 0 Å². The lowest BCUT2D eigenvalue weighted by Gasteiger charge is -2.20. The van der Waals surface area contributed by atoms with E-state index < -0.39 is 0 Å². The molecule has 0 N–H and O–H groups in total. The molecule has 0 fully saturated rings. The van der Waals surface area contributed by atoms with E-state index in [9.17, 15) is 0 Å². The summed E-state index contributed by atoms with van der Waals surface area (Å²) in [6.07, 6.45) is 5.13. The molecule has 0 saturated heterocycles. The van der Waals surface area contributed by atoms with Gasteiger partial charge in [0.05, 0.1) is 18.8 Å². The SMILES string of the molecule is COc1cccc(N(C)c2ccc(Oc3ncc4ccncc4n3)cc2)c1. The Morgan fingerprint density at radius 2 is 1.74 bits per heavy atom. The van der Waals surface area contributed by atoms with Gasteiger partial charge in [-0.15, -0.1) is 0 Å². The fraction of sp³-hybridized carbons (Fsp3) is 0.0952. The first-order valence-electron chi connectivity index (χ1n) is 8.45. The third kappa shape index (κ3) is 3.64. The molecular weight excluding hydrogens is 340 g/mol. The molecule has 0 spiro atoms. The summed E-state index contributed by atoms with van der Waals surface area (Å²) >= 11 is 0. The van der Waals surface area contributed by atoms with Crippen molar-refractivity contribution in [2.45, 2.75) is 0 Å². The summed E-state index contributed by atoms with van der Waals surface area (Å²) in [6, 6.07) is 17.8. The van der Waals surface area contributed by atoms with Crippen molar-refractivity contribution < 1.29 is 9.47 Å². The molecule has 2 heterocycles. The number of benzene rings is 2. The molecule has 0 aliphatic heterocycles. The second-order valence-corrected chi connectivity index (χ2v) is 5.94. The van der Waals surface area contributed by atoms with Crippen LogP contribution < -0.4 is 14.4 Å². The predicted octanol–water partition coefficient (Wildman–Crippen LogP) is 4.59. The fourth-order valence-corrected chi connectivity index (χ4v) is 2.72. The molecule has 0 radical (unpaired) electrons. The number of anilines is 2. The van der Waals surface area contributed by atoms with Crippen molar-refractivity contribution in [3.8, 4) is 17.5 Å². The molecule has 6 heteroatoms. The monoisotopic (exact) mass is 358 g/mol. The largest absolute Gasteiger partial charge is 0.497 e. The Bertz CT molecular complexity index is 1070. The lowest BCUT2D eigenvalue weighted by Crippen LogP contribution is -2.09. The number of fused-ring (bicyclic) bond motifs is 1. The van der Waals surface area contributed by atoms with Crippen LogP contribution in [0.3, 0.4) is 0 Å². The van der Waals surface area contributed by atoms with Gasteiger partial charge in [-0.2, -0.15) is 4.98 Å². The van der Waals surface area contributed by atoms with Gasteiger partial charge in [-0.1, -0.05) is 6.07 Å². The van der Waals surface area contributed by atoms with Crippen LogP contribution in [-0.2, 0) is 0 Å². The zero-order valence-corrected chi connectivity index (χ0v) is 15.0. The van der Waals surface area contributed by atoms with E-state index in [2.05, 4.69) is 19.9 Å². The average molecular weight is 358 g/mol. The summed E-state index contributed by atoms with van der Waals surface area (Å²) < 4.78 is 11.1. The molecule has 0 atom stereocenters. The molecule has 134 valence electrons. The molecule has 0 amide bonds. The molecule has 2 aromatic carbocycles. The van der Waals surface area contributed by atoms with Gasteiger partial charge in [-0.25, -0.2) is 4.98 Å². The zero-order valence-electron chi connectivity index (χ0n) is 15.0.